The molecule has 4 heteroatoms. The average molecular weight is 300 g/mol. The molecule has 0 aliphatic rings. The Hall–Kier alpha value is -2.10. The maximum absolute atomic E-state index is 12.4. The Kier molecular flexibility index (Phi) is 5.01. The average Bonchev–Trinajstić information content (AvgIpc) is 2.87. The number of aromatic nitrogens is 1. The van der Waals surface area contributed by atoms with E-state index in [2.05, 4.69) is 16.4 Å². The quantitative estimate of drug-likeness (QED) is 0.861. The Bertz CT molecular complexity index is 673. The van der Waals surface area contributed by atoms with Crippen LogP contribution in [0.2, 0.25) is 0 Å². The van der Waals surface area contributed by atoms with Crippen LogP contribution in [0.1, 0.15) is 33.3 Å². The van der Waals surface area contributed by atoms with Gasteiger partial charge in [-0.05, 0) is 30.9 Å². The summed E-state index contributed by atoms with van der Waals surface area (Å²) in [5, 5.41) is 4.02. The molecule has 1 aromatic heterocycles. The Morgan fingerprint density at radius 1 is 1.18 bits per heavy atom. The predicted molar refractivity (Wildman–Crippen MR) is 88.6 cm³/mol. The van der Waals surface area contributed by atoms with Gasteiger partial charge in [0.05, 0.1) is 6.04 Å². The van der Waals surface area contributed by atoms with Crippen molar-refractivity contribution in [2.45, 2.75) is 40.2 Å². The summed E-state index contributed by atoms with van der Waals surface area (Å²) in [4.78, 5) is 27.2. The minimum atomic E-state index is -0.405. The first kappa shape index (κ1) is 16.3. The molecule has 0 saturated heterocycles. The number of hydrogen-bond acceptors (Lipinski definition) is 2. The highest BCUT2D eigenvalue weighted by molar-refractivity contribution is 5.89. The topological polar surface area (TPSA) is 62.0 Å². The smallest absolute Gasteiger partial charge is 0.223 e. The lowest BCUT2D eigenvalue weighted by atomic mass is 9.96. The number of carbonyl (C=O) groups excluding carboxylic acids is 2. The number of rotatable bonds is 6. The Balaban J connectivity index is 2.06. The van der Waals surface area contributed by atoms with E-state index in [0.717, 1.165) is 16.5 Å². The number of H-pyrrole nitrogens is 1. The molecule has 2 rings (SSSR count). The van der Waals surface area contributed by atoms with Crippen molar-refractivity contribution in [3.63, 3.8) is 0 Å². The molecular formula is C18H24N2O2. The standard InChI is InChI=1S/C18H24N2O2/c1-11(2)17(13(4)21)20-18(22)12(3)9-14-10-19-16-8-6-5-7-15(14)16/h5-8,10-12,17,19H,9H2,1-4H3,(H,20,22)/t12-,17-/m0/s1. The van der Waals surface area contributed by atoms with Crippen LogP contribution in [0.15, 0.2) is 30.5 Å². The number of carbonyl (C=O) groups is 2. The van der Waals surface area contributed by atoms with Gasteiger partial charge in [0.2, 0.25) is 5.91 Å². The maximum Gasteiger partial charge on any atom is 0.223 e. The van der Waals surface area contributed by atoms with E-state index in [9.17, 15) is 9.59 Å². The molecule has 0 unspecified atom stereocenters. The zero-order valence-electron chi connectivity index (χ0n) is 13.6. The summed E-state index contributed by atoms with van der Waals surface area (Å²) in [7, 11) is 0. The van der Waals surface area contributed by atoms with Crippen LogP contribution in [0.4, 0.5) is 0 Å². The van der Waals surface area contributed by atoms with Crippen LogP contribution in [0.5, 0.6) is 0 Å². The highest BCUT2D eigenvalue weighted by atomic mass is 16.2. The molecule has 1 aromatic carbocycles. The number of nitrogens with one attached hydrogen (secondary N) is 2. The Labute approximate surface area is 131 Å². The van der Waals surface area contributed by atoms with Crippen LogP contribution in [-0.2, 0) is 16.0 Å². The molecule has 0 aliphatic heterocycles. The maximum atomic E-state index is 12.4. The third-order valence-corrected chi connectivity index (χ3v) is 4.05. The molecule has 22 heavy (non-hydrogen) atoms. The van der Waals surface area contributed by atoms with Crippen LogP contribution >= 0.6 is 0 Å². The van der Waals surface area contributed by atoms with Crippen molar-refractivity contribution in [1.29, 1.82) is 0 Å². The van der Waals surface area contributed by atoms with Gasteiger partial charge in [0.25, 0.3) is 0 Å². The van der Waals surface area contributed by atoms with Gasteiger partial charge in [-0.15, -0.1) is 0 Å². The molecule has 0 bridgehead atoms. The third kappa shape index (κ3) is 3.56. The second-order valence-corrected chi connectivity index (χ2v) is 6.31. The fourth-order valence-electron chi connectivity index (χ4n) is 2.76. The van der Waals surface area contributed by atoms with Crippen molar-refractivity contribution < 1.29 is 9.59 Å². The van der Waals surface area contributed by atoms with E-state index < -0.39 is 6.04 Å². The van der Waals surface area contributed by atoms with Crippen LogP contribution in [0.3, 0.4) is 0 Å². The lowest BCUT2D eigenvalue weighted by molar-refractivity contribution is -0.130. The fraction of sp³-hybridized carbons (Fsp3) is 0.444. The van der Waals surface area contributed by atoms with Crippen LogP contribution < -0.4 is 5.32 Å². The van der Waals surface area contributed by atoms with Gasteiger partial charge in [-0.3, -0.25) is 9.59 Å². The SMILES string of the molecule is CC(=O)[C@@H](NC(=O)[C@@H](C)Cc1c[nH]c2ccccc12)C(C)C. The number of Topliss-reactive ketones (excluding diaryl/α,β-unsaturated/α-hetero) is 1. The molecule has 0 saturated carbocycles. The van der Waals surface area contributed by atoms with E-state index in [0.29, 0.717) is 6.42 Å². The molecule has 0 spiro atoms. The number of hydrogen-bond donors (Lipinski definition) is 2. The van der Waals surface area contributed by atoms with Gasteiger partial charge >= 0.3 is 0 Å². The zero-order chi connectivity index (χ0) is 16.3. The second-order valence-electron chi connectivity index (χ2n) is 6.31. The van der Waals surface area contributed by atoms with Crippen molar-refractivity contribution in [2.24, 2.45) is 11.8 Å². The van der Waals surface area contributed by atoms with Crippen molar-refractivity contribution >= 4 is 22.6 Å². The van der Waals surface area contributed by atoms with Gasteiger partial charge < -0.3 is 10.3 Å². The summed E-state index contributed by atoms with van der Waals surface area (Å²) in [6.45, 7) is 7.30. The summed E-state index contributed by atoms with van der Waals surface area (Å²) in [5.41, 5.74) is 2.20. The Morgan fingerprint density at radius 3 is 2.50 bits per heavy atom. The molecule has 0 aliphatic carbocycles. The predicted octanol–water partition coefficient (Wildman–Crippen LogP) is 3.08. The molecule has 1 amide bonds. The molecule has 4 nitrogen and oxygen atoms in total. The van der Waals surface area contributed by atoms with Gasteiger partial charge in [-0.1, -0.05) is 39.0 Å². The van der Waals surface area contributed by atoms with Crippen molar-refractivity contribution in [1.82, 2.24) is 10.3 Å². The second kappa shape index (κ2) is 6.77. The molecule has 2 N–H and O–H groups in total. The summed E-state index contributed by atoms with van der Waals surface area (Å²) in [6.07, 6.45) is 2.61. The van der Waals surface area contributed by atoms with Crippen molar-refractivity contribution in [3.8, 4) is 0 Å². The Morgan fingerprint density at radius 2 is 1.86 bits per heavy atom. The number of benzene rings is 1. The fourth-order valence-corrected chi connectivity index (χ4v) is 2.76. The first-order chi connectivity index (χ1) is 10.4. The number of fused-ring (bicyclic) bond motifs is 1. The van der Waals surface area contributed by atoms with Gasteiger partial charge in [-0.2, -0.15) is 0 Å². The number of ketones is 1. The van der Waals surface area contributed by atoms with E-state index in [4.69, 9.17) is 0 Å². The minimum Gasteiger partial charge on any atom is -0.361 e. The van der Waals surface area contributed by atoms with Crippen LogP contribution in [0.25, 0.3) is 10.9 Å². The first-order valence-corrected chi connectivity index (χ1v) is 7.76. The number of para-hydroxylation sites is 1. The number of amides is 1. The molecule has 2 atom stereocenters. The van der Waals surface area contributed by atoms with Crippen LogP contribution in [-0.4, -0.2) is 22.7 Å². The molecule has 2 aromatic rings. The number of aromatic amines is 1. The largest absolute Gasteiger partial charge is 0.361 e. The van der Waals surface area contributed by atoms with Gasteiger partial charge in [0.15, 0.2) is 5.78 Å². The minimum absolute atomic E-state index is 0.00245. The van der Waals surface area contributed by atoms with E-state index in [1.165, 1.54) is 6.92 Å². The first-order valence-electron chi connectivity index (χ1n) is 7.76. The molecule has 1 heterocycles. The summed E-state index contributed by atoms with van der Waals surface area (Å²) < 4.78 is 0. The molecule has 118 valence electrons. The lowest BCUT2D eigenvalue weighted by Crippen LogP contribution is -2.45. The normalized spacial score (nSPS) is 14.0. The van der Waals surface area contributed by atoms with Crippen molar-refractivity contribution in [3.05, 3.63) is 36.0 Å². The molecular weight excluding hydrogens is 276 g/mol. The molecule has 0 fully saturated rings. The zero-order valence-corrected chi connectivity index (χ0v) is 13.6. The third-order valence-electron chi connectivity index (χ3n) is 4.05. The highest BCUT2D eigenvalue weighted by Crippen LogP contribution is 2.21. The van der Waals surface area contributed by atoms with E-state index in [1.54, 1.807) is 0 Å². The lowest BCUT2D eigenvalue weighted by Gasteiger charge is -2.21. The summed E-state index contributed by atoms with van der Waals surface area (Å²) >= 11 is 0. The van der Waals surface area contributed by atoms with Gasteiger partial charge in [-0.25, -0.2) is 0 Å². The monoisotopic (exact) mass is 300 g/mol. The van der Waals surface area contributed by atoms with E-state index >= 15 is 0 Å². The van der Waals surface area contributed by atoms with Crippen molar-refractivity contribution in [2.75, 3.05) is 0 Å². The molecule has 0 radical (unpaired) electrons. The van der Waals surface area contributed by atoms with E-state index in [-0.39, 0.29) is 23.5 Å². The van der Waals surface area contributed by atoms with Gasteiger partial charge in [0.1, 0.15) is 0 Å². The van der Waals surface area contributed by atoms with Crippen LogP contribution in [0, 0.1) is 11.8 Å². The summed E-state index contributed by atoms with van der Waals surface area (Å²) in [5.74, 6) is -0.150. The highest BCUT2D eigenvalue weighted by Gasteiger charge is 2.23. The van der Waals surface area contributed by atoms with Gasteiger partial charge in [0, 0.05) is 23.0 Å². The van der Waals surface area contributed by atoms with E-state index in [1.807, 2.05) is 45.2 Å². The summed E-state index contributed by atoms with van der Waals surface area (Å²) in [6, 6.07) is 7.65.